The molecule has 0 saturated heterocycles. The number of amides is 1. The van der Waals surface area contributed by atoms with Crippen LogP contribution in [0.5, 0.6) is 11.5 Å². The molecule has 2 aromatic carbocycles. The fraction of sp³-hybridized carbons (Fsp3) is 0.320. The van der Waals surface area contributed by atoms with Crippen molar-refractivity contribution >= 4 is 17.6 Å². The highest BCUT2D eigenvalue weighted by molar-refractivity contribution is 6.10. The quantitative estimate of drug-likeness (QED) is 0.450. The molecule has 0 spiro atoms. The van der Waals surface area contributed by atoms with Gasteiger partial charge >= 0.3 is 0 Å². The first-order valence-corrected chi connectivity index (χ1v) is 10.9. The summed E-state index contributed by atoms with van der Waals surface area (Å²) in [5.74, 6) is 1.69. The molecule has 1 aliphatic heterocycles. The van der Waals surface area contributed by atoms with Crippen LogP contribution in [0.1, 0.15) is 52.6 Å². The maximum Gasteiger partial charge on any atom is 0.258 e. The van der Waals surface area contributed by atoms with Crippen molar-refractivity contribution < 1.29 is 14.3 Å². The van der Waals surface area contributed by atoms with E-state index in [-0.39, 0.29) is 12.7 Å². The van der Waals surface area contributed by atoms with Gasteiger partial charge in [-0.1, -0.05) is 26.0 Å². The SMILES string of the molecule is Cc1nn(C)c(C)c1CN=C(NC(=O)c1ccc2c(c1)OCO2)Nc1ccc(C(C)C)cc1. The molecule has 8 heteroatoms. The van der Waals surface area contributed by atoms with Gasteiger partial charge in [0.15, 0.2) is 11.5 Å². The third-order valence-electron chi connectivity index (χ3n) is 5.76. The highest BCUT2D eigenvalue weighted by Crippen LogP contribution is 2.32. The Balaban J connectivity index is 1.57. The van der Waals surface area contributed by atoms with Crippen LogP contribution < -0.4 is 20.1 Å². The van der Waals surface area contributed by atoms with E-state index in [1.807, 2.05) is 37.7 Å². The average molecular weight is 448 g/mol. The average Bonchev–Trinajstić information content (AvgIpc) is 3.35. The van der Waals surface area contributed by atoms with E-state index in [2.05, 4.69) is 46.7 Å². The zero-order valence-electron chi connectivity index (χ0n) is 19.6. The first-order valence-electron chi connectivity index (χ1n) is 10.9. The van der Waals surface area contributed by atoms with Crippen LogP contribution in [0.3, 0.4) is 0 Å². The maximum absolute atomic E-state index is 13.0. The lowest BCUT2D eigenvalue weighted by atomic mass is 10.0. The van der Waals surface area contributed by atoms with E-state index in [1.165, 1.54) is 5.56 Å². The zero-order valence-corrected chi connectivity index (χ0v) is 19.6. The van der Waals surface area contributed by atoms with Gasteiger partial charge < -0.3 is 14.8 Å². The minimum Gasteiger partial charge on any atom is -0.454 e. The number of fused-ring (bicyclic) bond motifs is 1. The summed E-state index contributed by atoms with van der Waals surface area (Å²) in [6.45, 7) is 8.82. The molecule has 1 aromatic heterocycles. The Hall–Kier alpha value is -3.81. The maximum atomic E-state index is 13.0. The van der Waals surface area contributed by atoms with Crippen LogP contribution in [0.15, 0.2) is 47.5 Å². The van der Waals surface area contributed by atoms with Crippen LogP contribution in [0.4, 0.5) is 5.69 Å². The molecule has 33 heavy (non-hydrogen) atoms. The molecular weight excluding hydrogens is 418 g/mol. The molecule has 0 saturated carbocycles. The van der Waals surface area contributed by atoms with Crippen molar-refractivity contribution in [1.82, 2.24) is 15.1 Å². The molecule has 1 amide bonds. The van der Waals surface area contributed by atoms with Gasteiger partial charge in [0.05, 0.1) is 12.2 Å². The van der Waals surface area contributed by atoms with Crippen LogP contribution in [-0.4, -0.2) is 28.4 Å². The van der Waals surface area contributed by atoms with Crippen LogP contribution in [0.25, 0.3) is 0 Å². The molecule has 172 valence electrons. The van der Waals surface area contributed by atoms with Crippen LogP contribution >= 0.6 is 0 Å². The molecule has 0 aliphatic carbocycles. The molecule has 8 nitrogen and oxygen atoms in total. The van der Waals surface area contributed by atoms with Crippen molar-refractivity contribution in [2.24, 2.45) is 12.0 Å². The molecule has 1 aliphatic rings. The minimum absolute atomic E-state index is 0.158. The molecule has 2 heterocycles. The van der Waals surface area contributed by atoms with Gasteiger partial charge in [-0.25, -0.2) is 4.99 Å². The van der Waals surface area contributed by atoms with Crippen LogP contribution in [-0.2, 0) is 13.6 Å². The Morgan fingerprint density at radius 3 is 2.52 bits per heavy atom. The first-order chi connectivity index (χ1) is 15.8. The van der Waals surface area contributed by atoms with Crippen molar-refractivity contribution in [2.75, 3.05) is 12.1 Å². The number of anilines is 1. The van der Waals surface area contributed by atoms with Gasteiger partial charge in [0, 0.05) is 29.6 Å². The molecule has 0 bridgehead atoms. The lowest BCUT2D eigenvalue weighted by molar-refractivity contribution is 0.0976. The van der Waals surface area contributed by atoms with Crippen LogP contribution in [0.2, 0.25) is 0 Å². The van der Waals surface area contributed by atoms with Gasteiger partial charge in [0.25, 0.3) is 5.91 Å². The topological polar surface area (TPSA) is 89.8 Å². The normalized spacial score (nSPS) is 12.8. The van der Waals surface area contributed by atoms with E-state index in [9.17, 15) is 4.79 Å². The first kappa shape index (κ1) is 22.4. The summed E-state index contributed by atoms with van der Waals surface area (Å²) in [6, 6.07) is 13.2. The van der Waals surface area contributed by atoms with Gasteiger partial charge in [0.1, 0.15) is 0 Å². The second kappa shape index (κ2) is 9.36. The minimum atomic E-state index is -0.294. The number of carbonyl (C=O) groups excluding carboxylic acids is 1. The third kappa shape index (κ3) is 5.00. The summed E-state index contributed by atoms with van der Waals surface area (Å²) in [6.07, 6.45) is 0. The monoisotopic (exact) mass is 447 g/mol. The number of aromatic nitrogens is 2. The van der Waals surface area contributed by atoms with E-state index < -0.39 is 0 Å². The molecule has 0 fully saturated rings. The predicted molar refractivity (Wildman–Crippen MR) is 128 cm³/mol. The fourth-order valence-electron chi connectivity index (χ4n) is 3.62. The van der Waals surface area contributed by atoms with Crippen molar-refractivity contribution in [2.45, 2.75) is 40.2 Å². The summed E-state index contributed by atoms with van der Waals surface area (Å²) in [4.78, 5) is 17.7. The number of aryl methyl sites for hydroxylation is 2. The molecule has 0 radical (unpaired) electrons. The Morgan fingerprint density at radius 2 is 1.85 bits per heavy atom. The lowest BCUT2D eigenvalue weighted by Gasteiger charge is -2.13. The van der Waals surface area contributed by atoms with Gasteiger partial charge in [-0.15, -0.1) is 0 Å². The number of benzene rings is 2. The second-order valence-corrected chi connectivity index (χ2v) is 8.36. The van der Waals surface area contributed by atoms with Crippen molar-refractivity contribution in [1.29, 1.82) is 0 Å². The predicted octanol–water partition coefficient (Wildman–Crippen LogP) is 4.29. The fourth-order valence-corrected chi connectivity index (χ4v) is 3.62. The van der Waals surface area contributed by atoms with Gasteiger partial charge in [-0.2, -0.15) is 5.10 Å². The molecule has 3 aromatic rings. The number of guanidine groups is 1. The molecule has 4 rings (SSSR count). The van der Waals surface area contributed by atoms with Gasteiger partial charge in [0.2, 0.25) is 12.8 Å². The van der Waals surface area contributed by atoms with Gasteiger partial charge in [-0.05, 0) is 55.7 Å². The smallest absolute Gasteiger partial charge is 0.258 e. The van der Waals surface area contributed by atoms with E-state index in [4.69, 9.17) is 9.47 Å². The van der Waals surface area contributed by atoms with Crippen molar-refractivity contribution in [3.8, 4) is 11.5 Å². The van der Waals surface area contributed by atoms with E-state index in [1.54, 1.807) is 18.2 Å². The van der Waals surface area contributed by atoms with E-state index >= 15 is 0 Å². The molecule has 0 atom stereocenters. The number of hydrogen-bond acceptors (Lipinski definition) is 5. The Bertz CT molecular complexity index is 1200. The lowest BCUT2D eigenvalue weighted by Crippen LogP contribution is -2.36. The van der Waals surface area contributed by atoms with Crippen molar-refractivity contribution in [3.63, 3.8) is 0 Å². The van der Waals surface area contributed by atoms with Crippen LogP contribution in [0, 0.1) is 13.8 Å². The molecule has 2 N–H and O–H groups in total. The van der Waals surface area contributed by atoms with Crippen molar-refractivity contribution in [3.05, 3.63) is 70.5 Å². The highest BCUT2D eigenvalue weighted by Gasteiger charge is 2.18. The van der Waals surface area contributed by atoms with E-state index in [0.29, 0.717) is 35.5 Å². The molecular formula is C25H29N5O3. The number of nitrogens with one attached hydrogen (secondary N) is 2. The summed E-state index contributed by atoms with van der Waals surface area (Å²) in [5, 5.41) is 10.6. The summed E-state index contributed by atoms with van der Waals surface area (Å²) < 4.78 is 12.6. The standard InChI is InChI=1S/C25H29N5O3/c1-15(2)18-6-9-20(10-7-18)27-25(26-13-21-16(3)29-30(5)17(21)4)28-24(31)19-8-11-22-23(12-19)33-14-32-22/h6-12,15H,13-14H2,1-5H3,(H2,26,27,28,31). The second-order valence-electron chi connectivity index (χ2n) is 8.36. The highest BCUT2D eigenvalue weighted by atomic mass is 16.7. The number of ether oxygens (including phenoxy) is 2. The Kier molecular flexibility index (Phi) is 6.35. The summed E-state index contributed by atoms with van der Waals surface area (Å²) in [7, 11) is 1.91. The number of nitrogens with zero attached hydrogens (tertiary/aromatic N) is 3. The van der Waals surface area contributed by atoms with E-state index in [0.717, 1.165) is 22.6 Å². The number of rotatable bonds is 5. The molecule has 0 unspecified atom stereocenters. The number of aliphatic imine (C=N–C) groups is 1. The largest absolute Gasteiger partial charge is 0.454 e. The summed E-state index contributed by atoms with van der Waals surface area (Å²) >= 11 is 0. The number of carbonyl (C=O) groups is 1. The Morgan fingerprint density at radius 1 is 1.12 bits per heavy atom. The number of hydrogen-bond donors (Lipinski definition) is 2. The summed E-state index contributed by atoms with van der Waals surface area (Å²) in [5.41, 5.74) is 5.52. The third-order valence-corrected chi connectivity index (χ3v) is 5.76. The van der Waals surface area contributed by atoms with Gasteiger partial charge in [-0.3, -0.25) is 14.8 Å². The zero-order chi connectivity index (χ0) is 23.5. The Labute approximate surface area is 193 Å².